The Bertz CT molecular complexity index is 659. The highest BCUT2D eigenvalue weighted by Crippen LogP contribution is 2.28. The lowest BCUT2D eigenvalue weighted by molar-refractivity contribution is -0.150. The molecule has 0 N–H and O–H groups in total. The van der Waals surface area contributed by atoms with Crippen molar-refractivity contribution in [3.63, 3.8) is 0 Å². The number of aryl methyl sites for hydroxylation is 1. The van der Waals surface area contributed by atoms with Crippen LogP contribution in [0.4, 0.5) is 0 Å². The van der Waals surface area contributed by atoms with Gasteiger partial charge >= 0.3 is 0 Å². The molecule has 25 heavy (non-hydrogen) atoms. The van der Waals surface area contributed by atoms with Crippen LogP contribution in [0.25, 0.3) is 0 Å². The average molecular weight is 344 g/mol. The Morgan fingerprint density at radius 2 is 1.88 bits per heavy atom. The molecule has 0 bridgehead atoms. The highest BCUT2D eigenvalue weighted by molar-refractivity contribution is 5.90. The van der Waals surface area contributed by atoms with Crippen LogP contribution in [0.15, 0.2) is 24.3 Å². The number of hydrogen-bond acceptors (Lipinski definition) is 3. The summed E-state index contributed by atoms with van der Waals surface area (Å²) in [6.07, 6.45) is 0.431. The summed E-state index contributed by atoms with van der Waals surface area (Å²) in [4.78, 5) is 28.4. The minimum Gasteiger partial charge on any atom is -0.370 e. The van der Waals surface area contributed by atoms with Crippen LogP contribution in [-0.2, 0) is 20.9 Å². The third-order valence-corrected chi connectivity index (χ3v) is 5.18. The first kappa shape index (κ1) is 17.9. The van der Waals surface area contributed by atoms with Crippen molar-refractivity contribution < 1.29 is 14.3 Å². The highest BCUT2D eigenvalue weighted by atomic mass is 16.5. The standard InChI is InChI=1S/C20H28N2O3/c1-14-7-5-6-8-15(14)13-25-17-11-21(12-17)19(24)16-9-18(23)22(10-16)20(2,3)4/h5-8,16-17H,9-13H2,1-4H3/t16-/m1/s1. The quantitative estimate of drug-likeness (QED) is 0.843. The molecule has 0 aromatic heterocycles. The number of amides is 2. The molecule has 136 valence electrons. The number of carbonyl (C=O) groups excluding carboxylic acids is 2. The monoisotopic (exact) mass is 344 g/mol. The first-order valence-electron chi connectivity index (χ1n) is 9.01. The molecule has 1 aromatic rings. The lowest BCUT2D eigenvalue weighted by Crippen LogP contribution is -2.56. The van der Waals surface area contributed by atoms with E-state index in [1.54, 1.807) is 0 Å². The maximum atomic E-state index is 12.6. The van der Waals surface area contributed by atoms with Gasteiger partial charge in [0.2, 0.25) is 11.8 Å². The van der Waals surface area contributed by atoms with E-state index in [1.165, 1.54) is 11.1 Å². The van der Waals surface area contributed by atoms with E-state index in [4.69, 9.17) is 4.74 Å². The van der Waals surface area contributed by atoms with Crippen molar-refractivity contribution in [1.29, 1.82) is 0 Å². The summed E-state index contributed by atoms with van der Waals surface area (Å²) in [5, 5.41) is 0. The summed E-state index contributed by atoms with van der Waals surface area (Å²) < 4.78 is 5.91. The van der Waals surface area contributed by atoms with Crippen molar-refractivity contribution in [1.82, 2.24) is 9.80 Å². The molecule has 0 aliphatic carbocycles. The summed E-state index contributed by atoms with van der Waals surface area (Å²) in [6, 6.07) is 8.18. The van der Waals surface area contributed by atoms with Crippen LogP contribution >= 0.6 is 0 Å². The van der Waals surface area contributed by atoms with Gasteiger partial charge in [-0.05, 0) is 38.8 Å². The van der Waals surface area contributed by atoms with Gasteiger partial charge in [-0.2, -0.15) is 0 Å². The van der Waals surface area contributed by atoms with Gasteiger partial charge in [0.05, 0.1) is 18.6 Å². The fourth-order valence-corrected chi connectivity index (χ4v) is 3.48. The third-order valence-electron chi connectivity index (χ3n) is 5.18. The van der Waals surface area contributed by atoms with Crippen molar-refractivity contribution in [2.75, 3.05) is 19.6 Å². The van der Waals surface area contributed by atoms with Gasteiger partial charge in [-0.1, -0.05) is 24.3 Å². The summed E-state index contributed by atoms with van der Waals surface area (Å²) in [6.45, 7) is 10.5. The van der Waals surface area contributed by atoms with Gasteiger partial charge in [0.1, 0.15) is 0 Å². The SMILES string of the molecule is Cc1ccccc1COC1CN(C(=O)[C@@H]2CC(=O)N(C(C)(C)C)C2)C1. The Balaban J connectivity index is 1.46. The predicted molar refractivity (Wildman–Crippen MR) is 95.9 cm³/mol. The van der Waals surface area contributed by atoms with Crippen LogP contribution in [0, 0.1) is 12.8 Å². The molecular weight excluding hydrogens is 316 g/mol. The maximum Gasteiger partial charge on any atom is 0.228 e. The van der Waals surface area contributed by atoms with Gasteiger partial charge in [0.15, 0.2) is 0 Å². The fraction of sp³-hybridized carbons (Fsp3) is 0.600. The first-order chi connectivity index (χ1) is 11.8. The fourth-order valence-electron chi connectivity index (χ4n) is 3.48. The number of rotatable bonds is 4. The molecule has 0 unspecified atom stereocenters. The molecule has 1 aromatic carbocycles. The highest BCUT2D eigenvalue weighted by Gasteiger charge is 2.43. The van der Waals surface area contributed by atoms with Crippen molar-refractivity contribution in [2.24, 2.45) is 5.92 Å². The zero-order chi connectivity index (χ0) is 18.2. The van der Waals surface area contributed by atoms with Crippen LogP contribution in [-0.4, -0.2) is 52.9 Å². The molecule has 2 aliphatic heterocycles. The first-order valence-corrected chi connectivity index (χ1v) is 9.01. The molecule has 5 heteroatoms. The van der Waals surface area contributed by atoms with Crippen LogP contribution in [0.5, 0.6) is 0 Å². The van der Waals surface area contributed by atoms with Gasteiger partial charge in [-0.15, -0.1) is 0 Å². The maximum absolute atomic E-state index is 12.6. The zero-order valence-electron chi connectivity index (χ0n) is 15.6. The summed E-state index contributed by atoms with van der Waals surface area (Å²) >= 11 is 0. The minimum absolute atomic E-state index is 0.0822. The molecular formula is C20H28N2O3. The second-order valence-electron chi connectivity index (χ2n) is 8.18. The predicted octanol–water partition coefficient (Wildman–Crippen LogP) is 2.37. The van der Waals surface area contributed by atoms with Gasteiger partial charge in [0.25, 0.3) is 0 Å². The van der Waals surface area contributed by atoms with Crippen molar-refractivity contribution in [2.45, 2.75) is 52.4 Å². The smallest absolute Gasteiger partial charge is 0.228 e. The molecule has 2 saturated heterocycles. The van der Waals surface area contributed by atoms with Crippen molar-refractivity contribution in [3.8, 4) is 0 Å². The van der Waals surface area contributed by atoms with E-state index in [9.17, 15) is 9.59 Å². The van der Waals surface area contributed by atoms with E-state index in [2.05, 4.69) is 19.1 Å². The summed E-state index contributed by atoms with van der Waals surface area (Å²) in [7, 11) is 0. The molecule has 0 radical (unpaired) electrons. The van der Waals surface area contributed by atoms with E-state index in [-0.39, 0.29) is 29.4 Å². The van der Waals surface area contributed by atoms with Gasteiger partial charge in [0, 0.05) is 31.6 Å². The van der Waals surface area contributed by atoms with Gasteiger partial charge < -0.3 is 14.5 Å². The molecule has 1 atom stereocenters. The summed E-state index contributed by atoms with van der Waals surface area (Å²) in [5.41, 5.74) is 2.19. The Morgan fingerprint density at radius 1 is 1.20 bits per heavy atom. The average Bonchev–Trinajstić information content (AvgIpc) is 2.89. The lowest BCUT2D eigenvalue weighted by atomic mass is 10.0. The van der Waals surface area contributed by atoms with Crippen LogP contribution in [0.3, 0.4) is 0 Å². The Morgan fingerprint density at radius 3 is 2.48 bits per heavy atom. The lowest BCUT2D eigenvalue weighted by Gasteiger charge is -2.40. The van der Waals surface area contributed by atoms with Crippen molar-refractivity contribution in [3.05, 3.63) is 35.4 Å². The largest absolute Gasteiger partial charge is 0.370 e. The number of hydrogen-bond donors (Lipinski definition) is 0. The topological polar surface area (TPSA) is 49.9 Å². The number of carbonyl (C=O) groups is 2. The molecule has 0 saturated carbocycles. The Kier molecular flexibility index (Phi) is 4.87. The van der Waals surface area contributed by atoms with Crippen LogP contribution in [0.1, 0.15) is 38.3 Å². The molecule has 3 rings (SSSR count). The van der Waals surface area contributed by atoms with Gasteiger partial charge in [-0.25, -0.2) is 0 Å². The van der Waals surface area contributed by atoms with E-state index < -0.39 is 0 Å². The number of ether oxygens (including phenoxy) is 1. The van der Waals surface area contributed by atoms with E-state index in [0.29, 0.717) is 32.7 Å². The van der Waals surface area contributed by atoms with E-state index in [1.807, 2.05) is 42.7 Å². The van der Waals surface area contributed by atoms with Crippen molar-refractivity contribution >= 4 is 11.8 Å². The Hall–Kier alpha value is -1.88. The number of nitrogens with zero attached hydrogens (tertiary/aromatic N) is 2. The van der Waals surface area contributed by atoms with E-state index in [0.717, 1.165) is 0 Å². The number of likely N-dealkylation sites (tertiary alicyclic amines) is 2. The second-order valence-corrected chi connectivity index (χ2v) is 8.18. The van der Waals surface area contributed by atoms with Crippen LogP contribution in [0.2, 0.25) is 0 Å². The molecule has 2 amide bonds. The molecule has 2 heterocycles. The van der Waals surface area contributed by atoms with Gasteiger partial charge in [-0.3, -0.25) is 9.59 Å². The molecule has 2 fully saturated rings. The normalized spacial score (nSPS) is 21.6. The minimum atomic E-state index is -0.222. The molecule has 2 aliphatic rings. The second kappa shape index (κ2) is 6.79. The summed E-state index contributed by atoms with van der Waals surface area (Å²) in [5.74, 6) is -0.0291. The molecule has 0 spiro atoms. The zero-order valence-corrected chi connectivity index (χ0v) is 15.6. The Labute approximate surface area is 149 Å². The molecule has 5 nitrogen and oxygen atoms in total. The van der Waals surface area contributed by atoms with Crippen LogP contribution < -0.4 is 0 Å². The number of benzene rings is 1. The third kappa shape index (κ3) is 3.87. The van der Waals surface area contributed by atoms with E-state index >= 15 is 0 Å².